The van der Waals surface area contributed by atoms with E-state index in [4.69, 9.17) is 0 Å². The van der Waals surface area contributed by atoms with E-state index in [-0.39, 0.29) is 15.8 Å². The number of halogens is 1. The fourth-order valence-electron chi connectivity index (χ4n) is 3.21. The highest BCUT2D eigenvalue weighted by atomic mass is 79.9. The molecule has 2 aromatic rings. The predicted molar refractivity (Wildman–Crippen MR) is 112 cm³/mol. The molecule has 0 spiro atoms. The van der Waals surface area contributed by atoms with Gasteiger partial charge in [0, 0.05) is 23.6 Å². The topological polar surface area (TPSA) is 83.5 Å². The SMILES string of the molecule is CCC(NS(=O)(=O)c1ccc(S(=O)(=O)N2CCCC2)cc1)c1ccc(Br)cc1. The van der Waals surface area contributed by atoms with Gasteiger partial charge in [0.15, 0.2) is 0 Å². The zero-order valence-electron chi connectivity index (χ0n) is 15.5. The average molecular weight is 487 g/mol. The van der Waals surface area contributed by atoms with E-state index in [0.29, 0.717) is 19.5 Å². The lowest BCUT2D eigenvalue weighted by atomic mass is 10.1. The van der Waals surface area contributed by atoms with Crippen molar-refractivity contribution in [2.24, 2.45) is 0 Å². The molecule has 1 aliphatic heterocycles. The van der Waals surface area contributed by atoms with Gasteiger partial charge in [0.25, 0.3) is 0 Å². The fourth-order valence-corrected chi connectivity index (χ4v) is 6.29. The Balaban J connectivity index is 1.80. The molecule has 3 rings (SSSR count). The highest BCUT2D eigenvalue weighted by Gasteiger charge is 2.28. The van der Waals surface area contributed by atoms with Gasteiger partial charge < -0.3 is 0 Å². The van der Waals surface area contributed by atoms with Gasteiger partial charge in [-0.15, -0.1) is 0 Å². The Kier molecular flexibility index (Phi) is 6.61. The molecule has 28 heavy (non-hydrogen) atoms. The standard InChI is InChI=1S/C19H23BrN2O4S2/c1-2-19(15-5-7-16(20)8-6-15)21-27(23,24)17-9-11-18(12-10-17)28(25,26)22-13-3-4-14-22/h5-12,19,21H,2-4,13-14H2,1H3. The summed E-state index contributed by atoms with van der Waals surface area (Å²) in [5.41, 5.74) is 0.863. The molecule has 0 saturated carbocycles. The summed E-state index contributed by atoms with van der Waals surface area (Å²) in [6.07, 6.45) is 2.29. The Bertz CT molecular complexity index is 1010. The molecule has 1 heterocycles. The molecule has 1 aliphatic rings. The Morgan fingerprint density at radius 2 is 1.46 bits per heavy atom. The molecule has 152 valence electrons. The third-order valence-electron chi connectivity index (χ3n) is 4.81. The van der Waals surface area contributed by atoms with Gasteiger partial charge in [0.1, 0.15) is 0 Å². The van der Waals surface area contributed by atoms with Gasteiger partial charge in [-0.05, 0) is 61.2 Å². The van der Waals surface area contributed by atoms with E-state index in [9.17, 15) is 16.8 Å². The normalized spacial score (nSPS) is 16.9. The summed E-state index contributed by atoms with van der Waals surface area (Å²) in [7, 11) is -7.34. The van der Waals surface area contributed by atoms with Gasteiger partial charge in [-0.2, -0.15) is 4.31 Å². The first kappa shape index (κ1) is 21.4. The van der Waals surface area contributed by atoms with Crippen molar-refractivity contribution in [1.82, 2.24) is 9.03 Å². The molecule has 1 N–H and O–H groups in total. The first-order valence-electron chi connectivity index (χ1n) is 9.12. The molecule has 1 unspecified atom stereocenters. The van der Waals surface area contributed by atoms with E-state index in [0.717, 1.165) is 22.9 Å². The van der Waals surface area contributed by atoms with Crippen LogP contribution in [-0.2, 0) is 20.0 Å². The highest BCUT2D eigenvalue weighted by Crippen LogP contribution is 2.24. The summed E-state index contributed by atoms with van der Waals surface area (Å²) in [5.74, 6) is 0. The number of hydrogen-bond donors (Lipinski definition) is 1. The third-order valence-corrected chi connectivity index (χ3v) is 8.74. The Morgan fingerprint density at radius 1 is 0.929 bits per heavy atom. The number of rotatable bonds is 7. The molecule has 0 bridgehead atoms. The number of nitrogens with one attached hydrogen (secondary N) is 1. The van der Waals surface area contributed by atoms with Crippen LogP contribution in [0.2, 0.25) is 0 Å². The summed E-state index contributed by atoms with van der Waals surface area (Å²) in [4.78, 5) is 0.164. The van der Waals surface area contributed by atoms with Crippen LogP contribution in [0.3, 0.4) is 0 Å². The molecule has 0 aliphatic carbocycles. The molecule has 0 radical (unpaired) electrons. The number of benzene rings is 2. The van der Waals surface area contributed by atoms with Crippen LogP contribution in [0, 0.1) is 0 Å². The van der Waals surface area contributed by atoms with Crippen LogP contribution in [-0.4, -0.2) is 34.2 Å². The van der Waals surface area contributed by atoms with E-state index in [2.05, 4.69) is 20.7 Å². The highest BCUT2D eigenvalue weighted by molar-refractivity contribution is 9.10. The Hall–Kier alpha value is -1.26. The van der Waals surface area contributed by atoms with Crippen molar-refractivity contribution in [3.63, 3.8) is 0 Å². The minimum absolute atomic E-state index is 0.0448. The summed E-state index contributed by atoms with van der Waals surface area (Å²) in [5, 5.41) is 0. The Morgan fingerprint density at radius 3 is 2.00 bits per heavy atom. The maximum absolute atomic E-state index is 12.8. The molecule has 1 saturated heterocycles. The van der Waals surface area contributed by atoms with E-state index < -0.39 is 20.0 Å². The quantitative estimate of drug-likeness (QED) is 0.646. The van der Waals surface area contributed by atoms with E-state index in [1.54, 1.807) is 0 Å². The van der Waals surface area contributed by atoms with Crippen molar-refractivity contribution in [1.29, 1.82) is 0 Å². The minimum atomic E-state index is -3.78. The molecule has 1 fully saturated rings. The molecule has 9 heteroatoms. The zero-order valence-corrected chi connectivity index (χ0v) is 18.7. The second-order valence-corrected chi connectivity index (χ2v) is 11.3. The van der Waals surface area contributed by atoms with Crippen LogP contribution in [0.15, 0.2) is 62.8 Å². The molecular formula is C19H23BrN2O4S2. The number of hydrogen-bond acceptors (Lipinski definition) is 4. The lowest BCUT2D eigenvalue weighted by molar-refractivity contribution is 0.477. The summed E-state index contributed by atoms with van der Waals surface area (Å²) in [6, 6.07) is 12.5. The van der Waals surface area contributed by atoms with Gasteiger partial charge in [-0.1, -0.05) is 35.0 Å². The van der Waals surface area contributed by atoms with E-state index in [1.807, 2.05) is 31.2 Å². The summed E-state index contributed by atoms with van der Waals surface area (Å²) in [6.45, 7) is 2.92. The van der Waals surface area contributed by atoms with Gasteiger partial charge in [0.2, 0.25) is 20.0 Å². The number of sulfonamides is 2. The third kappa shape index (κ3) is 4.65. The first-order chi connectivity index (χ1) is 13.2. The van der Waals surface area contributed by atoms with Crippen LogP contribution >= 0.6 is 15.9 Å². The van der Waals surface area contributed by atoms with E-state index in [1.165, 1.54) is 28.6 Å². The average Bonchev–Trinajstić information content (AvgIpc) is 3.23. The van der Waals surface area contributed by atoms with Gasteiger partial charge >= 0.3 is 0 Å². The number of nitrogens with zero attached hydrogens (tertiary/aromatic N) is 1. The minimum Gasteiger partial charge on any atom is -0.207 e. The maximum Gasteiger partial charge on any atom is 0.243 e. The van der Waals surface area contributed by atoms with Crippen molar-refractivity contribution in [2.75, 3.05) is 13.1 Å². The monoisotopic (exact) mass is 486 g/mol. The largest absolute Gasteiger partial charge is 0.243 e. The molecule has 0 amide bonds. The lowest BCUT2D eigenvalue weighted by Crippen LogP contribution is -2.29. The maximum atomic E-state index is 12.8. The van der Waals surface area contributed by atoms with Crippen LogP contribution in [0.4, 0.5) is 0 Å². The summed E-state index contributed by atoms with van der Waals surface area (Å²) >= 11 is 3.37. The van der Waals surface area contributed by atoms with Crippen molar-refractivity contribution >= 4 is 36.0 Å². The van der Waals surface area contributed by atoms with Gasteiger partial charge in [-0.3, -0.25) is 0 Å². The van der Waals surface area contributed by atoms with Crippen LogP contribution in [0.25, 0.3) is 0 Å². The van der Waals surface area contributed by atoms with Crippen molar-refractivity contribution in [3.8, 4) is 0 Å². The second-order valence-electron chi connectivity index (χ2n) is 6.72. The van der Waals surface area contributed by atoms with Crippen molar-refractivity contribution in [2.45, 2.75) is 42.0 Å². The lowest BCUT2D eigenvalue weighted by Gasteiger charge is -2.18. The molecule has 6 nitrogen and oxygen atoms in total. The Labute approximate surface area is 175 Å². The second kappa shape index (κ2) is 8.62. The molecule has 0 aromatic heterocycles. The van der Waals surface area contributed by atoms with Gasteiger partial charge in [-0.25, -0.2) is 21.6 Å². The molecular weight excluding hydrogens is 464 g/mol. The fraction of sp³-hybridized carbons (Fsp3) is 0.368. The zero-order chi connectivity index (χ0) is 20.4. The van der Waals surface area contributed by atoms with Crippen molar-refractivity contribution < 1.29 is 16.8 Å². The smallest absolute Gasteiger partial charge is 0.207 e. The molecule has 2 aromatic carbocycles. The van der Waals surface area contributed by atoms with Gasteiger partial charge in [0.05, 0.1) is 9.79 Å². The predicted octanol–water partition coefficient (Wildman–Crippen LogP) is 3.66. The first-order valence-corrected chi connectivity index (χ1v) is 12.8. The van der Waals surface area contributed by atoms with Crippen LogP contribution < -0.4 is 4.72 Å². The van der Waals surface area contributed by atoms with E-state index >= 15 is 0 Å². The molecule has 1 atom stereocenters. The van der Waals surface area contributed by atoms with Crippen LogP contribution in [0.1, 0.15) is 37.8 Å². The van der Waals surface area contributed by atoms with Crippen molar-refractivity contribution in [3.05, 3.63) is 58.6 Å². The summed E-state index contributed by atoms with van der Waals surface area (Å²) < 4.78 is 55.8. The van der Waals surface area contributed by atoms with Crippen LogP contribution in [0.5, 0.6) is 0 Å².